The molecule has 0 bridgehead atoms. The Labute approximate surface area is 371 Å². The highest BCUT2D eigenvalue weighted by molar-refractivity contribution is 6.05. The van der Waals surface area contributed by atoms with Crippen LogP contribution in [0.4, 0.5) is 21.7 Å². The number of para-hydroxylation sites is 1. The number of piperazine rings is 1. The molecule has 8 heterocycles. The molecule has 3 amide bonds. The maximum absolute atomic E-state index is 15.3. The highest BCUT2D eigenvalue weighted by Crippen LogP contribution is 2.50. The quantitative estimate of drug-likeness (QED) is 0.254. The summed E-state index contributed by atoms with van der Waals surface area (Å²) in [5.41, 5.74) is 5.08. The van der Waals surface area contributed by atoms with E-state index in [-0.39, 0.29) is 42.3 Å². The second kappa shape index (κ2) is 17.4. The van der Waals surface area contributed by atoms with Crippen LogP contribution >= 0.6 is 0 Å². The molecule has 0 radical (unpaired) electrons. The van der Waals surface area contributed by atoms with Gasteiger partial charge in [-0.15, -0.1) is 0 Å². The molecule has 5 fully saturated rings. The third-order valence-electron chi connectivity index (χ3n) is 15.4. The zero-order valence-corrected chi connectivity index (χ0v) is 37.4. The van der Waals surface area contributed by atoms with Crippen LogP contribution in [0.15, 0.2) is 54.9 Å². The number of carbonyl (C=O) groups excluding carboxylic acids is 3. The molecule has 13 nitrogen and oxygen atoms in total. The minimum absolute atomic E-state index is 0.0181. The Morgan fingerprint density at radius 1 is 0.810 bits per heavy atom. The van der Waals surface area contributed by atoms with Gasteiger partial charge in [0.05, 0.1) is 12.1 Å². The predicted octanol–water partition coefficient (Wildman–Crippen LogP) is 5.45. The fourth-order valence-corrected chi connectivity index (χ4v) is 12.1. The van der Waals surface area contributed by atoms with Gasteiger partial charge in [-0.05, 0) is 120 Å². The number of hydrogen-bond donors (Lipinski definition) is 2. The van der Waals surface area contributed by atoms with E-state index < -0.39 is 11.7 Å². The van der Waals surface area contributed by atoms with Crippen molar-refractivity contribution in [3.05, 3.63) is 77.1 Å². The maximum atomic E-state index is 15.3. The summed E-state index contributed by atoms with van der Waals surface area (Å²) >= 11 is 0. The lowest BCUT2D eigenvalue weighted by molar-refractivity contribution is -0.136. The monoisotopic (exact) mass is 861 g/mol. The molecular formula is C49H65FN10O3. The Kier molecular flexibility index (Phi) is 11.7. The average Bonchev–Trinajstić information content (AvgIpc) is 3.81. The van der Waals surface area contributed by atoms with Crippen molar-refractivity contribution in [1.82, 2.24) is 34.9 Å². The Hall–Kier alpha value is -4.66. The lowest BCUT2D eigenvalue weighted by Crippen LogP contribution is -2.54. The number of aromatic nitrogens is 2. The number of amides is 3. The summed E-state index contributed by atoms with van der Waals surface area (Å²) in [5.74, 6) is 1.85. The average molecular weight is 861 g/mol. The molecule has 3 unspecified atom stereocenters. The number of benzene rings is 2. The second-order valence-corrected chi connectivity index (χ2v) is 20.3. The van der Waals surface area contributed by atoms with Crippen molar-refractivity contribution in [2.45, 2.75) is 108 Å². The third kappa shape index (κ3) is 8.79. The van der Waals surface area contributed by atoms with E-state index in [0.717, 1.165) is 93.8 Å². The van der Waals surface area contributed by atoms with Crippen LogP contribution < -0.4 is 20.4 Å². The van der Waals surface area contributed by atoms with Gasteiger partial charge in [-0.3, -0.25) is 29.5 Å². The number of imide groups is 1. The fraction of sp³-hybridized carbons (Fsp3) is 0.612. The fourth-order valence-electron chi connectivity index (χ4n) is 12.1. The first-order valence-electron chi connectivity index (χ1n) is 23.8. The number of piperidine rings is 4. The van der Waals surface area contributed by atoms with E-state index in [9.17, 15) is 14.4 Å². The molecule has 0 saturated carbocycles. The van der Waals surface area contributed by atoms with Gasteiger partial charge in [-0.1, -0.05) is 18.2 Å². The first kappa shape index (κ1) is 42.3. The minimum Gasteiger partial charge on any atom is -0.380 e. The number of rotatable bonds is 10. The van der Waals surface area contributed by atoms with Crippen LogP contribution in [-0.4, -0.2) is 143 Å². The molecule has 2 N–H and O–H groups in total. The van der Waals surface area contributed by atoms with Crippen molar-refractivity contribution < 1.29 is 18.8 Å². The summed E-state index contributed by atoms with van der Waals surface area (Å²) < 4.78 is 15.3. The van der Waals surface area contributed by atoms with Gasteiger partial charge < -0.3 is 24.9 Å². The van der Waals surface area contributed by atoms with Gasteiger partial charge in [-0.2, -0.15) is 0 Å². The van der Waals surface area contributed by atoms with E-state index in [0.29, 0.717) is 36.9 Å². The number of fused-ring (bicyclic) bond motifs is 4. The summed E-state index contributed by atoms with van der Waals surface area (Å²) in [4.78, 5) is 61.4. The van der Waals surface area contributed by atoms with Gasteiger partial charge in [-0.25, -0.2) is 14.4 Å². The van der Waals surface area contributed by atoms with E-state index in [1.54, 1.807) is 18.7 Å². The van der Waals surface area contributed by atoms with Gasteiger partial charge in [0.15, 0.2) is 0 Å². The molecule has 336 valence electrons. The number of hydrogen-bond acceptors (Lipinski definition) is 11. The second-order valence-electron chi connectivity index (χ2n) is 20.3. The van der Waals surface area contributed by atoms with Gasteiger partial charge in [0, 0.05) is 119 Å². The number of alkyl halides is 1. The van der Waals surface area contributed by atoms with Gasteiger partial charge in [0.2, 0.25) is 17.8 Å². The largest absolute Gasteiger partial charge is 0.380 e. The normalized spacial score (nSPS) is 27.9. The van der Waals surface area contributed by atoms with Crippen LogP contribution in [0, 0.1) is 11.8 Å². The van der Waals surface area contributed by atoms with E-state index in [2.05, 4.69) is 78.5 Å². The molecule has 0 aliphatic carbocycles. The molecule has 0 spiro atoms. The van der Waals surface area contributed by atoms with Crippen LogP contribution in [0.2, 0.25) is 0 Å². The lowest BCUT2D eigenvalue weighted by atomic mass is 9.78. The smallest absolute Gasteiger partial charge is 0.255 e. The molecule has 7 aliphatic heterocycles. The topological polar surface area (TPSA) is 120 Å². The Balaban J connectivity index is 0.664. The Bertz CT molecular complexity index is 2160. The third-order valence-corrected chi connectivity index (χ3v) is 15.4. The SMILES string of the molecule is C[C@@H]1CC2c3ccccc3NC2[C@@H](c2cnc(N3CCC(CN4CCC(CN5CCN(c6ccc7c(c6)CN(C6CCC(=O)NC6=O)C7=O)CC5)CC4)CC3)nc2)N1CC(C)(C)F. The van der Waals surface area contributed by atoms with E-state index in [4.69, 9.17) is 9.97 Å². The van der Waals surface area contributed by atoms with E-state index in [1.165, 1.54) is 43.7 Å². The Morgan fingerprint density at radius 2 is 1.49 bits per heavy atom. The summed E-state index contributed by atoms with van der Waals surface area (Å²) in [6.07, 6.45) is 10.5. The van der Waals surface area contributed by atoms with Crippen LogP contribution in [-0.2, 0) is 16.1 Å². The highest BCUT2D eigenvalue weighted by Gasteiger charge is 2.48. The molecule has 7 aliphatic rings. The van der Waals surface area contributed by atoms with Gasteiger partial charge >= 0.3 is 0 Å². The number of nitrogens with one attached hydrogen (secondary N) is 2. The molecule has 5 atom stereocenters. The number of anilines is 3. The van der Waals surface area contributed by atoms with Gasteiger partial charge in [0.25, 0.3) is 5.91 Å². The van der Waals surface area contributed by atoms with Crippen molar-refractivity contribution in [1.29, 1.82) is 0 Å². The lowest BCUT2D eigenvalue weighted by Gasteiger charge is -2.48. The van der Waals surface area contributed by atoms with Crippen LogP contribution in [0.1, 0.15) is 105 Å². The van der Waals surface area contributed by atoms with Crippen molar-refractivity contribution in [2.24, 2.45) is 11.8 Å². The molecule has 10 rings (SSSR count). The molecule has 1 aromatic heterocycles. The highest BCUT2D eigenvalue weighted by atomic mass is 19.1. The molecule has 3 aromatic rings. The van der Waals surface area contributed by atoms with Crippen LogP contribution in [0.25, 0.3) is 0 Å². The van der Waals surface area contributed by atoms with Crippen LogP contribution in [0.3, 0.4) is 0 Å². The Morgan fingerprint density at radius 3 is 2.19 bits per heavy atom. The zero-order valence-electron chi connectivity index (χ0n) is 37.4. The summed E-state index contributed by atoms with van der Waals surface area (Å²) in [7, 11) is 0. The standard InChI is InChI=1S/C49H65FN10O3/c1-32-24-40-39-6-4-5-7-41(39)53-44(40)45(60(32)31-49(2,3)50)36-26-51-48(52-27-36)58-18-14-34(15-19-58)28-55-16-12-33(13-17-55)29-56-20-22-57(23-21-56)37-8-9-38-35(25-37)30-59(47(38)63)42-10-11-43(61)54-46(42)62/h4-9,25-27,32-34,40,42,44-45,53H,10-24,28-31H2,1-3H3,(H,54,61,62)/t32-,40?,42?,44?,45-/m1/s1. The molecule has 5 saturated heterocycles. The molecule has 14 heteroatoms. The number of nitrogens with zero attached hydrogens (tertiary/aromatic N) is 8. The summed E-state index contributed by atoms with van der Waals surface area (Å²) in [5, 5.41) is 6.21. The van der Waals surface area contributed by atoms with Crippen molar-refractivity contribution in [3.63, 3.8) is 0 Å². The number of halogens is 1. The first-order chi connectivity index (χ1) is 30.4. The maximum Gasteiger partial charge on any atom is 0.255 e. The summed E-state index contributed by atoms with van der Waals surface area (Å²) in [6, 6.07) is 14.5. The molecule has 63 heavy (non-hydrogen) atoms. The van der Waals surface area contributed by atoms with Gasteiger partial charge in [0.1, 0.15) is 11.7 Å². The number of carbonyl (C=O) groups is 3. The van der Waals surface area contributed by atoms with Crippen molar-refractivity contribution in [3.8, 4) is 0 Å². The number of likely N-dealkylation sites (tertiary alicyclic amines) is 2. The van der Waals surface area contributed by atoms with Crippen LogP contribution in [0.5, 0.6) is 0 Å². The molecule has 2 aromatic carbocycles. The predicted molar refractivity (Wildman–Crippen MR) is 243 cm³/mol. The van der Waals surface area contributed by atoms with Crippen molar-refractivity contribution in [2.75, 3.05) is 87.1 Å². The van der Waals surface area contributed by atoms with E-state index >= 15 is 4.39 Å². The summed E-state index contributed by atoms with van der Waals surface area (Å²) in [6.45, 7) is 17.0. The first-order valence-corrected chi connectivity index (χ1v) is 23.8. The molecular weight excluding hydrogens is 796 g/mol. The minimum atomic E-state index is -1.31. The van der Waals surface area contributed by atoms with E-state index in [1.807, 2.05) is 18.5 Å². The zero-order chi connectivity index (χ0) is 43.4. The van der Waals surface area contributed by atoms with Crippen molar-refractivity contribution >= 4 is 35.0 Å².